The molecule has 0 unspecified atom stereocenters. The molecule has 2 aromatic carbocycles. The third kappa shape index (κ3) is 4.99. The van der Waals surface area contributed by atoms with E-state index in [1.807, 2.05) is 31.1 Å². The number of hydrogen-bond donors (Lipinski definition) is 0. The molecule has 8 heteroatoms. The van der Waals surface area contributed by atoms with E-state index in [0.717, 1.165) is 10.5 Å². The van der Waals surface area contributed by atoms with E-state index in [4.69, 9.17) is 16.0 Å². The highest BCUT2D eigenvalue weighted by Crippen LogP contribution is 2.26. The van der Waals surface area contributed by atoms with Gasteiger partial charge in [0.25, 0.3) is 17.7 Å². The molecule has 0 bridgehead atoms. The van der Waals surface area contributed by atoms with Crippen molar-refractivity contribution in [3.8, 4) is 0 Å². The highest BCUT2D eigenvalue weighted by atomic mass is 35.5. The molecule has 0 saturated carbocycles. The minimum Gasteiger partial charge on any atom is -0.467 e. The predicted octanol–water partition coefficient (Wildman–Crippen LogP) is 3.93. The van der Waals surface area contributed by atoms with Crippen molar-refractivity contribution < 1.29 is 18.8 Å². The molecule has 3 aromatic rings. The summed E-state index contributed by atoms with van der Waals surface area (Å²) in [6.07, 6.45) is 1.49. The Hall–Kier alpha value is -3.42. The summed E-state index contributed by atoms with van der Waals surface area (Å²) in [6, 6.07) is 15.4. The summed E-state index contributed by atoms with van der Waals surface area (Å²) in [5.41, 5.74) is 1.84. The maximum atomic E-state index is 13.4. The van der Waals surface area contributed by atoms with Gasteiger partial charge in [-0.3, -0.25) is 19.3 Å². The summed E-state index contributed by atoms with van der Waals surface area (Å²) in [7, 11) is 3.89. The van der Waals surface area contributed by atoms with Crippen molar-refractivity contribution in [2.45, 2.75) is 13.1 Å². The monoisotopic (exact) mass is 465 g/mol. The average molecular weight is 466 g/mol. The summed E-state index contributed by atoms with van der Waals surface area (Å²) in [4.78, 5) is 44.0. The van der Waals surface area contributed by atoms with E-state index in [0.29, 0.717) is 41.5 Å². The van der Waals surface area contributed by atoms with Gasteiger partial charge in [0.15, 0.2) is 0 Å². The second-order valence-electron chi connectivity index (χ2n) is 8.19. The zero-order valence-corrected chi connectivity index (χ0v) is 19.2. The van der Waals surface area contributed by atoms with Crippen LogP contribution in [0.3, 0.4) is 0 Å². The fraction of sp³-hybridized carbons (Fsp3) is 0.240. The maximum Gasteiger partial charge on any atom is 0.261 e. The van der Waals surface area contributed by atoms with E-state index in [1.165, 1.54) is 12.3 Å². The van der Waals surface area contributed by atoms with E-state index >= 15 is 0 Å². The molecule has 4 rings (SSSR count). The number of carbonyl (C=O) groups excluding carboxylic acids is 3. The molecule has 1 aliphatic rings. The number of amides is 3. The Morgan fingerprint density at radius 1 is 0.970 bits per heavy atom. The zero-order chi connectivity index (χ0) is 23.5. The van der Waals surface area contributed by atoms with Gasteiger partial charge in [0.2, 0.25) is 0 Å². The van der Waals surface area contributed by atoms with Crippen LogP contribution in [0.25, 0.3) is 0 Å². The number of nitrogens with zero attached hydrogens (tertiary/aromatic N) is 3. The van der Waals surface area contributed by atoms with Crippen molar-refractivity contribution in [1.82, 2.24) is 14.7 Å². The van der Waals surface area contributed by atoms with Gasteiger partial charge >= 0.3 is 0 Å². The summed E-state index contributed by atoms with van der Waals surface area (Å²) < 4.78 is 5.28. The summed E-state index contributed by atoms with van der Waals surface area (Å²) in [5, 5.41) is 0.630. The average Bonchev–Trinajstić information content (AvgIpc) is 3.40. The minimum absolute atomic E-state index is 0.0498. The largest absolute Gasteiger partial charge is 0.467 e. The van der Waals surface area contributed by atoms with E-state index in [9.17, 15) is 14.4 Å². The van der Waals surface area contributed by atoms with E-state index in [2.05, 4.69) is 0 Å². The SMILES string of the molecule is CN(C)CCN(Cc1ccc(Cl)cc1)C(=O)c1ccc2c(c1)C(=O)N(Cc1ccco1)C2=O. The number of fused-ring (bicyclic) bond motifs is 1. The first-order valence-corrected chi connectivity index (χ1v) is 10.9. The van der Waals surface area contributed by atoms with Crippen LogP contribution in [-0.2, 0) is 13.1 Å². The Labute approximate surface area is 197 Å². The van der Waals surface area contributed by atoms with Gasteiger partial charge in [0.05, 0.1) is 23.9 Å². The molecule has 0 fully saturated rings. The maximum absolute atomic E-state index is 13.4. The molecular weight excluding hydrogens is 442 g/mol. The number of likely N-dealkylation sites (N-methyl/N-ethyl adjacent to an activating group) is 1. The van der Waals surface area contributed by atoms with E-state index in [-0.39, 0.29) is 18.0 Å². The first kappa shape index (κ1) is 22.8. The van der Waals surface area contributed by atoms with Crippen LogP contribution in [0.4, 0.5) is 0 Å². The Balaban J connectivity index is 1.57. The number of hydrogen-bond acceptors (Lipinski definition) is 5. The standard InChI is InChI=1S/C25H24ClN3O4/c1-27(2)11-12-28(15-17-5-8-19(26)9-6-17)23(30)18-7-10-21-22(14-18)25(32)29(24(21)31)16-20-4-3-13-33-20/h3-10,13-14H,11-12,15-16H2,1-2H3. The van der Waals surface area contributed by atoms with Crippen molar-refractivity contribution in [3.05, 3.63) is 93.9 Å². The predicted molar refractivity (Wildman–Crippen MR) is 124 cm³/mol. The summed E-state index contributed by atoms with van der Waals surface area (Å²) in [6.45, 7) is 1.63. The fourth-order valence-electron chi connectivity index (χ4n) is 3.69. The third-order valence-corrected chi connectivity index (χ3v) is 5.75. The lowest BCUT2D eigenvalue weighted by atomic mass is 10.0. The molecule has 2 heterocycles. The quantitative estimate of drug-likeness (QED) is 0.471. The van der Waals surface area contributed by atoms with Crippen LogP contribution in [0.15, 0.2) is 65.3 Å². The van der Waals surface area contributed by atoms with Crippen LogP contribution < -0.4 is 0 Å². The number of halogens is 1. The molecule has 1 aromatic heterocycles. The van der Waals surface area contributed by atoms with Gasteiger partial charge in [-0.15, -0.1) is 0 Å². The molecule has 0 radical (unpaired) electrons. The summed E-state index contributed by atoms with van der Waals surface area (Å²) in [5.74, 6) is -0.521. The molecule has 170 valence electrons. The van der Waals surface area contributed by atoms with Crippen molar-refractivity contribution in [2.24, 2.45) is 0 Å². The molecular formula is C25H24ClN3O4. The van der Waals surface area contributed by atoms with Crippen LogP contribution in [0.2, 0.25) is 5.02 Å². The van der Waals surface area contributed by atoms with Gasteiger partial charge in [-0.05, 0) is 62.1 Å². The Kier molecular flexibility index (Phi) is 6.62. The van der Waals surface area contributed by atoms with E-state index < -0.39 is 11.8 Å². The normalized spacial score (nSPS) is 13.0. The third-order valence-electron chi connectivity index (χ3n) is 5.50. The molecule has 1 aliphatic heterocycles. The lowest BCUT2D eigenvalue weighted by Gasteiger charge is -2.25. The zero-order valence-electron chi connectivity index (χ0n) is 18.5. The second kappa shape index (κ2) is 9.60. The topological polar surface area (TPSA) is 74.1 Å². The van der Waals surface area contributed by atoms with Crippen molar-refractivity contribution in [2.75, 3.05) is 27.2 Å². The molecule has 0 saturated heterocycles. The molecule has 0 aliphatic carbocycles. The molecule has 0 spiro atoms. The second-order valence-corrected chi connectivity index (χ2v) is 8.63. The van der Waals surface area contributed by atoms with Gasteiger partial charge in [-0.1, -0.05) is 23.7 Å². The smallest absolute Gasteiger partial charge is 0.261 e. The molecule has 3 amide bonds. The van der Waals surface area contributed by atoms with Crippen LogP contribution in [0, 0.1) is 0 Å². The van der Waals surface area contributed by atoms with Crippen LogP contribution in [0.1, 0.15) is 42.4 Å². The fourth-order valence-corrected chi connectivity index (χ4v) is 3.82. The number of carbonyl (C=O) groups is 3. The van der Waals surface area contributed by atoms with Gasteiger partial charge in [0.1, 0.15) is 5.76 Å². The summed E-state index contributed by atoms with van der Waals surface area (Å²) >= 11 is 5.99. The number of imide groups is 1. The molecule has 0 atom stereocenters. The van der Waals surface area contributed by atoms with Crippen molar-refractivity contribution in [1.29, 1.82) is 0 Å². The van der Waals surface area contributed by atoms with Crippen LogP contribution in [0.5, 0.6) is 0 Å². The Morgan fingerprint density at radius 2 is 1.70 bits per heavy atom. The number of benzene rings is 2. The van der Waals surface area contributed by atoms with Gasteiger partial charge < -0.3 is 14.2 Å². The van der Waals surface area contributed by atoms with E-state index in [1.54, 1.807) is 41.3 Å². The molecule has 33 heavy (non-hydrogen) atoms. The lowest BCUT2D eigenvalue weighted by molar-refractivity contribution is 0.0631. The molecule has 0 N–H and O–H groups in total. The van der Waals surface area contributed by atoms with Gasteiger partial charge in [-0.2, -0.15) is 0 Å². The van der Waals surface area contributed by atoms with Crippen molar-refractivity contribution >= 4 is 29.3 Å². The molecule has 7 nitrogen and oxygen atoms in total. The highest BCUT2D eigenvalue weighted by Gasteiger charge is 2.36. The van der Waals surface area contributed by atoms with Crippen LogP contribution >= 0.6 is 11.6 Å². The Morgan fingerprint density at radius 3 is 2.36 bits per heavy atom. The van der Waals surface area contributed by atoms with Gasteiger partial charge in [0, 0.05) is 30.2 Å². The van der Waals surface area contributed by atoms with Gasteiger partial charge in [-0.25, -0.2) is 0 Å². The Bertz CT molecular complexity index is 1170. The van der Waals surface area contributed by atoms with Crippen LogP contribution in [-0.4, -0.2) is 59.6 Å². The van der Waals surface area contributed by atoms with Crippen molar-refractivity contribution in [3.63, 3.8) is 0 Å². The lowest BCUT2D eigenvalue weighted by Crippen LogP contribution is -2.36. The minimum atomic E-state index is -0.432. The highest BCUT2D eigenvalue weighted by molar-refractivity contribution is 6.30. The number of rotatable bonds is 8. The first-order chi connectivity index (χ1) is 15.8. The first-order valence-electron chi connectivity index (χ1n) is 10.5. The number of furan rings is 1.